The van der Waals surface area contributed by atoms with Crippen LogP contribution in [0, 0.1) is 5.82 Å². The van der Waals surface area contributed by atoms with Crippen molar-refractivity contribution in [3.63, 3.8) is 0 Å². The summed E-state index contributed by atoms with van der Waals surface area (Å²) in [5.41, 5.74) is 0. The Morgan fingerprint density at radius 2 is 2.16 bits per heavy atom. The molecule has 0 heterocycles. The van der Waals surface area contributed by atoms with Gasteiger partial charge in [0.25, 0.3) is 0 Å². The molecule has 0 saturated carbocycles. The van der Waals surface area contributed by atoms with Crippen molar-refractivity contribution in [2.24, 2.45) is 0 Å². The van der Waals surface area contributed by atoms with Crippen molar-refractivity contribution in [3.05, 3.63) is 28.5 Å². The number of rotatable bonds is 6. The second kappa shape index (κ2) is 6.97. The van der Waals surface area contributed by atoms with E-state index in [1.54, 1.807) is 0 Å². The second-order valence-electron chi connectivity index (χ2n) is 3.65. The van der Waals surface area contributed by atoms with Gasteiger partial charge in [0.1, 0.15) is 5.82 Å². The van der Waals surface area contributed by atoms with Crippen LogP contribution in [0.2, 0.25) is 0 Å². The maximum Gasteiger partial charge on any atom is 0.305 e. The van der Waals surface area contributed by atoms with Crippen LogP contribution >= 0.6 is 15.9 Å². The average Bonchev–Trinajstić information content (AvgIpc) is 2.37. The molecule has 1 N–H and O–H groups in total. The molecule has 19 heavy (non-hydrogen) atoms. The number of sulfonamides is 1. The third-order valence-corrected chi connectivity index (χ3v) is 4.38. The Hall–Kier alpha value is -0.990. The van der Waals surface area contributed by atoms with Crippen molar-refractivity contribution in [2.75, 3.05) is 13.7 Å². The van der Waals surface area contributed by atoms with E-state index in [-0.39, 0.29) is 22.3 Å². The summed E-state index contributed by atoms with van der Waals surface area (Å²) in [6.45, 7) is 0.0785. The summed E-state index contributed by atoms with van der Waals surface area (Å²) < 4.78 is 43.8. The number of methoxy groups -OCH3 is 1. The Kier molecular flexibility index (Phi) is 5.89. The van der Waals surface area contributed by atoms with E-state index in [9.17, 15) is 17.6 Å². The fourth-order valence-corrected chi connectivity index (χ4v) is 2.60. The predicted molar refractivity (Wildman–Crippen MR) is 70.5 cm³/mol. The SMILES string of the molecule is COC(=O)CCCNS(=O)(=O)c1ccc(Br)c(F)c1. The molecule has 1 aromatic rings. The smallest absolute Gasteiger partial charge is 0.305 e. The highest BCUT2D eigenvalue weighted by molar-refractivity contribution is 9.10. The molecule has 106 valence electrons. The number of hydrogen-bond donors (Lipinski definition) is 1. The van der Waals surface area contributed by atoms with Gasteiger partial charge in [0.2, 0.25) is 10.0 Å². The van der Waals surface area contributed by atoms with Crippen molar-refractivity contribution in [1.29, 1.82) is 0 Å². The van der Waals surface area contributed by atoms with E-state index >= 15 is 0 Å². The Labute approximate surface area is 119 Å². The molecular weight excluding hydrogens is 341 g/mol. The van der Waals surface area contributed by atoms with Crippen molar-refractivity contribution in [1.82, 2.24) is 4.72 Å². The van der Waals surface area contributed by atoms with Crippen molar-refractivity contribution in [2.45, 2.75) is 17.7 Å². The Balaban J connectivity index is 2.61. The van der Waals surface area contributed by atoms with Gasteiger partial charge in [-0.25, -0.2) is 17.5 Å². The Bertz CT molecular complexity index is 562. The van der Waals surface area contributed by atoms with Crippen LogP contribution in [0.5, 0.6) is 0 Å². The first-order chi connectivity index (χ1) is 8.86. The third-order valence-electron chi connectivity index (χ3n) is 2.28. The zero-order chi connectivity index (χ0) is 14.5. The minimum atomic E-state index is -3.77. The molecule has 0 bridgehead atoms. The van der Waals surface area contributed by atoms with Crippen LogP contribution in [-0.2, 0) is 19.6 Å². The number of ether oxygens (including phenoxy) is 1. The minimum Gasteiger partial charge on any atom is -0.469 e. The molecule has 0 aromatic heterocycles. The largest absolute Gasteiger partial charge is 0.469 e. The molecular formula is C11H13BrFNO4S. The molecule has 0 amide bonds. The van der Waals surface area contributed by atoms with Gasteiger partial charge in [-0.1, -0.05) is 0 Å². The molecule has 0 saturated heterocycles. The maximum atomic E-state index is 13.2. The highest BCUT2D eigenvalue weighted by atomic mass is 79.9. The van der Waals surface area contributed by atoms with Crippen LogP contribution in [-0.4, -0.2) is 28.0 Å². The summed E-state index contributed by atoms with van der Waals surface area (Å²) in [5, 5.41) is 0. The molecule has 0 spiro atoms. The topological polar surface area (TPSA) is 72.5 Å². The maximum absolute atomic E-state index is 13.2. The van der Waals surface area contributed by atoms with E-state index in [0.717, 1.165) is 6.07 Å². The summed E-state index contributed by atoms with van der Waals surface area (Å²) in [5.74, 6) is -1.06. The Morgan fingerprint density at radius 3 is 2.74 bits per heavy atom. The number of esters is 1. The fraction of sp³-hybridized carbons (Fsp3) is 0.364. The molecule has 8 heteroatoms. The lowest BCUT2D eigenvalue weighted by atomic mass is 10.3. The van der Waals surface area contributed by atoms with E-state index in [1.807, 2.05) is 0 Å². The van der Waals surface area contributed by atoms with E-state index in [1.165, 1.54) is 19.2 Å². The van der Waals surface area contributed by atoms with E-state index < -0.39 is 21.8 Å². The van der Waals surface area contributed by atoms with Gasteiger partial charge in [0, 0.05) is 13.0 Å². The molecule has 0 aliphatic heterocycles. The Morgan fingerprint density at radius 1 is 1.47 bits per heavy atom. The highest BCUT2D eigenvalue weighted by Gasteiger charge is 2.15. The fourth-order valence-electron chi connectivity index (χ4n) is 1.27. The average molecular weight is 354 g/mol. The minimum absolute atomic E-state index is 0.0785. The van der Waals surface area contributed by atoms with Gasteiger partial charge in [0.05, 0.1) is 16.5 Å². The molecule has 1 aromatic carbocycles. The van der Waals surface area contributed by atoms with E-state index in [4.69, 9.17) is 0 Å². The quantitative estimate of drug-likeness (QED) is 0.625. The monoisotopic (exact) mass is 353 g/mol. The van der Waals surface area contributed by atoms with Gasteiger partial charge < -0.3 is 4.74 Å². The summed E-state index contributed by atoms with van der Waals surface area (Å²) in [7, 11) is -2.51. The van der Waals surface area contributed by atoms with Crippen molar-refractivity contribution >= 4 is 31.9 Å². The van der Waals surface area contributed by atoms with Crippen LogP contribution in [0.4, 0.5) is 4.39 Å². The lowest BCUT2D eigenvalue weighted by Gasteiger charge is -2.07. The van der Waals surface area contributed by atoms with Crippen LogP contribution in [0.3, 0.4) is 0 Å². The van der Waals surface area contributed by atoms with Gasteiger partial charge >= 0.3 is 5.97 Å². The highest BCUT2D eigenvalue weighted by Crippen LogP contribution is 2.19. The number of nitrogens with one attached hydrogen (secondary N) is 1. The molecule has 0 radical (unpaired) electrons. The summed E-state index contributed by atoms with van der Waals surface area (Å²) in [6, 6.07) is 3.53. The third kappa shape index (κ3) is 4.88. The van der Waals surface area contributed by atoms with Gasteiger partial charge in [-0.3, -0.25) is 4.79 Å². The number of carbonyl (C=O) groups excluding carboxylic acids is 1. The summed E-state index contributed by atoms with van der Waals surface area (Å²) >= 11 is 2.94. The second-order valence-corrected chi connectivity index (χ2v) is 6.27. The number of benzene rings is 1. The lowest BCUT2D eigenvalue weighted by Crippen LogP contribution is -2.25. The number of halogens is 2. The van der Waals surface area contributed by atoms with Crippen molar-refractivity contribution < 1.29 is 22.3 Å². The molecule has 5 nitrogen and oxygen atoms in total. The van der Waals surface area contributed by atoms with Gasteiger partial charge in [-0.05, 0) is 40.5 Å². The van der Waals surface area contributed by atoms with Gasteiger partial charge in [-0.2, -0.15) is 0 Å². The first kappa shape index (κ1) is 16.1. The molecule has 0 fully saturated rings. The number of hydrogen-bond acceptors (Lipinski definition) is 4. The lowest BCUT2D eigenvalue weighted by molar-refractivity contribution is -0.140. The zero-order valence-corrected chi connectivity index (χ0v) is 12.6. The van der Waals surface area contributed by atoms with Gasteiger partial charge in [-0.15, -0.1) is 0 Å². The van der Waals surface area contributed by atoms with Crippen LogP contribution < -0.4 is 4.72 Å². The van der Waals surface area contributed by atoms with Crippen molar-refractivity contribution in [3.8, 4) is 0 Å². The zero-order valence-electron chi connectivity index (χ0n) is 10.2. The summed E-state index contributed by atoms with van der Waals surface area (Å²) in [6.07, 6.45) is 0.429. The molecule has 1 rings (SSSR count). The van der Waals surface area contributed by atoms with E-state index in [0.29, 0.717) is 6.42 Å². The molecule has 0 atom stereocenters. The predicted octanol–water partition coefficient (Wildman–Crippen LogP) is 1.82. The normalized spacial score (nSPS) is 11.3. The van der Waals surface area contributed by atoms with Crippen LogP contribution in [0.15, 0.2) is 27.6 Å². The van der Waals surface area contributed by atoms with Crippen LogP contribution in [0.25, 0.3) is 0 Å². The molecule has 0 aliphatic carbocycles. The van der Waals surface area contributed by atoms with Crippen LogP contribution in [0.1, 0.15) is 12.8 Å². The first-order valence-electron chi connectivity index (χ1n) is 5.38. The van der Waals surface area contributed by atoms with Gasteiger partial charge in [0.15, 0.2) is 0 Å². The van der Waals surface area contributed by atoms with E-state index in [2.05, 4.69) is 25.4 Å². The molecule has 0 unspecified atom stereocenters. The summed E-state index contributed by atoms with van der Waals surface area (Å²) in [4.78, 5) is 10.7. The first-order valence-corrected chi connectivity index (χ1v) is 7.66. The molecule has 0 aliphatic rings. The standard InChI is InChI=1S/C11H13BrFNO4S/c1-18-11(15)3-2-6-14-19(16,17)8-4-5-9(12)10(13)7-8/h4-5,7,14H,2-3,6H2,1H3. The number of carbonyl (C=O) groups is 1.